The third kappa shape index (κ3) is 3.83. The Balaban J connectivity index is 1.60. The van der Waals surface area contributed by atoms with Crippen LogP contribution in [0.4, 0.5) is 0 Å². The first kappa shape index (κ1) is 19.1. The third-order valence-corrected chi connectivity index (χ3v) is 6.29. The summed E-state index contributed by atoms with van der Waals surface area (Å²) in [4.78, 5) is 17.4. The number of ether oxygens (including phenoxy) is 2. The van der Waals surface area contributed by atoms with E-state index in [1.807, 2.05) is 12.3 Å². The van der Waals surface area contributed by atoms with Gasteiger partial charge in [-0.25, -0.2) is 0 Å². The van der Waals surface area contributed by atoms with E-state index in [-0.39, 0.29) is 0 Å². The highest BCUT2D eigenvalue weighted by Gasteiger charge is 2.25. The van der Waals surface area contributed by atoms with Crippen LogP contribution in [0.2, 0.25) is 0 Å². The maximum absolute atomic E-state index is 12.2. The number of thiazole rings is 1. The van der Waals surface area contributed by atoms with Gasteiger partial charge in [-0.05, 0) is 49.4 Å². The number of primary amides is 1. The number of amides is 1. The summed E-state index contributed by atoms with van der Waals surface area (Å²) < 4.78 is 13.2. The van der Waals surface area contributed by atoms with Gasteiger partial charge in [-0.2, -0.15) is 0 Å². The normalized spacial score (nSPS) is 19.9. The van der Waals surface area contributed by atoms with Crippen molar-refractivity contribution < 1.29 is 14.3 Å². The smallest absolute Gasteiger partial charge is 0.250 e. The number of fused-ring (bicyclic) bond motifs is 1. The molecule has 1 fully saturated rings. The van der Waals surface area contributed by atoms with Crippen LogP contribution in [0.15, 0.2) is 36.1 Å². The molecule has 0 atom stereocenters. The number of benzene rings is 1. The Kier molecular flexibility index (Phi) is 5.75. The molecule has 0 saturated heterocycles. The van der Waals surface area contributed by atoms with Crippen molar-refractivity contribution in [2.45, 2.75) is 37.8 Å². The molecule has 0 aliphatic heterocycles. The van der Waals surface area contributed by atoms with Crippen molar-refractivity contribution >= 4 is 28.1 Å². The van der Waals surface area contributed by atoms with Gasteiger partial charge in [-0.15, -0.1) is 11.3 Å². The lowest BCUT2D eigenvalue weighted by Crippen LogP contribution is -2.25. The average Bonchev–Trinajstić information content (AvgIpc) is 3.38. The summed E-state index contributed by atoms with van der Waals surface area (Å²) in [5, 5.41) is 1.04. The van der Waals surface area contributed by atoms with Crippen LogP contribution in [0, 0.1) is 0 Å². The molecule has 0 spiro atoms. The van der Waals surface area contributed by atoms with Crippen LogP contribution < -0.4 is 5.73 Å². The van der Waals surface area contributed by atoms with Gasteiger partial charge in [0.05, 0.1) is 40.8 Å². The molecule has 1 saturated carbocycles. The zero-order chi connectivity index (χ0) is 19.5. The molecule has 1 aromatic carbocycles. The molecule has 7 heteroatoms. The van der Waals surface area contributed by atoms with Gasteiger partial charge in [0, 0.05) is 30.9 Å². The number of rotatable bonds is 7. The zero-order valence-corrected chi connectivity index (χ0v) is 16.8. The lowest BCUT2D eigenvalue weighted by molar-refractivity contribution is -0.00619. The molecule has 4 rings (SSSR count). The molecule has 2 aromatic heterocycles. The standard InChI is InChI=1S/C21H25N3O3S/c1-26-8-9-27-17-4-2-16(3-5-17)24-7-6-14-10-15(19-12-23-13-28-19)11-18(20(14)24)21(22)25/h6-7,10-13,16-17H,2-5,8-9H2,1H3,(H2,22,25). The molecule has 2 heterocycles. The third-order valence-electron chi connectivity index (χ3n) is 5.47. The van der Waals surface area contributed by atoms with E-state index in [1.54, 1.807) is 24.0 Å². The van der Waals surface area contributed by atoms with E-state index >= 15 is 0 Å². The fraction of sp³-hybridized carbons (Fsp3) is 0.429. The van der Waals surface area contributed by atoms with Crippen LogP contribution in [-0.2, 0) is 9.47 Å². The Morgan fingerprint density at radius 2 is 2.11 bits per heavy atom. The van der Waals surface area contributed by atoms with Crippen molar-refractivity contribution in [2.24, 2.45) is 5.73 Å². The van der Waals surface area contributed by atoms with Crippen LogP contribution >= 0.6 is 11.3 Å². The van der Waals surface area contributed by atoms with Crippen LogP contribution in [0.25, 0.3) is 21.3 Å². The van der Waals surface area contributed by atoms with Gasteiger partial charge in [-0.1, -0.05) is 0 Å². The van der Waals surface area contributed by atoms with Gasteiger partial charge in [-0.3, -0.25) is 9.78 Å². The summed E-state index contributed by atoms with van der Waals surface area (Å²) in [5.74, 6) is -0.395. The number of carbonyl (C=O) groups excluding carboxylic acids is 1. The van der Waals surface area contributed by atoms with E-state index in [0.29, 0.717) is 30.9 Å². The first-order chi connectivity index (χ1) is 13.7. The van der Waals surface area contributed by atoms with E-state index < -0.39 is 5.91 Å². The number of hydrogen-bond acceptors (Lipinski definition) is 5. The Morgan fingerprint density at radius 1 is 1.29 bits per heavy atom. The fourth-order valence-electron chi connectivity index (χ4n) is 4.09. The summed E-state index contributed by atoms with van der Waals surface area (Å²) in [6, 6.07) is 6.44. The molecule has 1 aliphatic rings. The van der Waals surface area contributed by atoms with Crippen molar-refractivity contribution in [2.75, 3.05) is 20.3 Å². The number of nitrogens with zero attached hydrogens (tertiary/aromatic N) is 2. The van der Waals surface area contributed by atoms with Crippen LogP contribution in [0.1, 0.15) is 42.1 Å². The van der Waals surface area contributed by atoms with E-state index in [1.165, 1.54) is 0 Å². The molecule has 28 heavy (non-hydrogen) atoms. The lowest BCUT2D eigenvalue weighted by Gasteiger charge is -2.30. The highest BCUT2D eigenvalue weighted by Crippen LogP contribution is 2.36. The number of hydrogen-bond donors (Lipinski definition) is 1. The van der Waals surface area contributed by atoms with Crippen LogP contribution in [0.5, 0.6) is 0 Å². The first-order valence-electron chi connectivity index (χ1n) is 9.61. The van der Waals surface area contributed by atoms with Crippen LogP contribution in [0.3, 0.4) is 0 Å². The van der Waals surface area contributed by atoms with Crippen LogP contribution in [-0.4, -0.2) is 41.9 Å². The predicted molar refractivity (Wildman–Crippen MR) is 111 cm³/mol. The number of nitrogens with two attached hydrogens (primary N) is 1. The van der Waals surface area contributed by atoms with Gasteiger partial charge in [0.2, 0.25) is 0 Å². The molecule has 6 nitrogen and oxygen atoms in total. The molecule has 0 unspecified atom stereocenters. The number of carbonyl (C=O) groups is 1. The second-order valence-electron chi connectivity index (χ2n) is 7.21. The Labute approximate surface area is 168 Å². The molecule has 1 amide bonds. The molecular weight excluding hydrogens is 374 g/mol. The second-order valence-corrected chi connectivity index (χ2v) is 8.10. The summed E-state index contributed by atoms with van der Waals surface area (Å²) in [6.07, 6.45) is 8.27. The quantitative estimate of drug-likeness (QED) is 0.609. The van der Waals surface area contributed by atoms with Crippen molar-refractivity contribution in [3.05, 3.63) is 41.7 Å². The highest BCUT2D eigenvalue weighted by atomic mass is 32.1. The second kappa shape index (κ2) is 8.43. The highest BCUT2D eigenvalue weighted by molar-refractivity contribution is 7.13. The van der Waals surface area contributed by atoms with Gasteiger partial charge in [0.25, 0.3) is 5.91 Å². The molecule has 2 N–H and O–H groups in total. The average molecular weight is 400 g/mol. The summed E-state index contributed by atoms with van der Waals surface area (Å²) in [7, 11) is 1.69. The lowest BCUT2D eigenvalue weighted by atomic mass is 9.92. The van der Waals surface area contributed by atoms with E-state index in [0.717, 1.165) is 47.0 Å². The molecule has 3 aromatic rings. The Morgan fingerprint density at radius 3 is 2.79 bits per heavy atom. The molecule has 148 valence electrons. The van der Waals surface area contributed by atoms with Gasteiger partial charge in [0.1, 0.15) is 0 Å². The number of methoxy groups -OCH3 is 1. The SMILES string of the molecule is COCCOC1CCC(n2ccc3cc(-c4cncs4)cc(C(N)=O)c32)CC1. The molecule has 1 aliphatic carbocycles. The first-order valence-corrected chi connectivity index (χ1v) is 10.5. The van der Waals surface area contributed by atoms with E-state index in [4.69, 9.17) is 15.2 Å². The predicted octanol–water partition coefficient (Wildman–Crippen LogP) is 4.01. The maximum Gasteiger partial charge on any atom is 0.250 e. The van der Waals surface area contributed by atoms with Crippen molar-refractivity contribution in [1.82, 2.24) is 9.55 Å². The monoisotopic (exact) mass is 399 g/mol. The summed E-state index contributed by atoms with van der Waals surface area (Å²) >= 11 is 1.56. The topological polar surface area (TPSA) is 79.4 Å². The molecule has 0 bridgehead atoms. The largest absolute Gasteiger partial charge is 0.382 e. The Bertz CT molecular complexity index is 943. The number of aromatic nitrogens is 2. The fourth-order valence-corrected chi connectivity index (χ4v) is 4.70. The van der Waals surface area contributed by atoms with E-state index in [2.05, 4.69) is 27.9 Å². The molecule has 0 radical (unpaired) electrons. The molecular formula is C21H25N3O3S. The summed E-state index contributed by atoms with van der Waals surface area (Å²) in [5.41, 5.74) is 10.0. The van der Waals surface area contributed by atoms with Crippen molar-refractivity contribution in [1.29, 1.82) is 0 Å². The van der Waals surface area contributed by atoms with Gasteiger partial charge < -0.3 is 19.8 Å². The summed E-state index contributed by atoms with van der Waals surface area (Å²) in [6.45, 7) is 1.27. The minimum absolute atomic E-state index is 0.293. The van der Waals surface area contributed by atoms with Crippen molar-refractivity contribution in [3.8, 4) is 10.4 Å². The van der Waals surface area contributed by atoms with Gasteiger partial charge in [0.15, 0.2) is 0 Å². The zero-order valence-electron chi connectivity index (χ0n) is 16.0. The Hall–Kier alpha value is -2.22. The van der Waals surface area contributed by atoms with Crippen molar-refractivity contribution in [3.63, 3.8) is 0 Å². The minimum Gasteiger partial charge on any atom is -0.382 e. The van der Waals surface area contributed by atoms with Gasteiger partial charge >= 0.3 is 0 Å². The minimum atomic E-state index is -0.395. The van der Waals surface area contributed by atoms with E-state index in [9.17, 15) is 4.79 Å². The maximum atomic E-state index is 12.2.